The van der Waals surface area contributed by atoms with E-state index < -0.39 is 0 Å². The Morgan fingerprint density at radius 3 is 2.41 bits per heavy atom. The van der Waals surface area contributed by atoms with Gasteiger partial charge in [-0.1, -0.05) is 54.5 Å². The molecule has 7 aromatic rings. The molecule has 0 aliphatic heterocycles. The smallest absolute Gasteiger partial charge is 0.121 e. The minimum absolute atomic E-state index is 0. The second-order valence-corrected chi connectivity index (χ2v) is 11.6. The minimum atomic E-state index is 0. The number of nitriles is 1. The zero-order valence-corrected chi connectivity index (χ0v) is 28.2. The summed E-state index contributed by atoms with van der Waals surface area (Å²) in [5, 5.41) is 11.0. The maximum atomic E-state index is 9.05. The van der Waals surface area contributed by atoms with E-state index in [1.807, 2.05) is 66.5 Å². The predicted molar refractivity (Wildman–Crippen MR) is 178 cm³/mol. The first-order valence-electron chi connectivity index (χ1n) is 15.4. The van der Waals surface area contributed by atoms with Crippen LogP contribution in [-0.4, -0.2) is 19.1 Å². The number of aryl methyl sites for hydroxylation is 1. The fraction of sp³-hybridized carbons (Fsp3) is 0.205. The average Bonchev–Trinajstić information content (AvgIpc) is 3.81. The van der Waals surface area contributed by atoms with Crippen LogP contribution in [0, 0.1) is 23.5 Å². The number of benzene rings is 4. The Bertz CT molecular complexity index is 2130. The second kappa shape index (κ2) is 13.7. The summed E-state index contributed by atoms with van der Waals surface area (Å²) in [6, 6.07) is 35.0. The van der Waals surface area contributed by atoms with Gasteiger partial charge in [0.2, 0.25) is 0 Å². The van der Waals surface area contributed by atoms with Gasteiger partial charge in [0.1, 0.15) is 5.58 Å². The van der Waals surface area contributed by atoms with Gasteiger partial charge in [-0.05, 0) is 48.1 Å². The van der Waals surface area contributed by atoms with Crippen molar-refractivity contribution in [3.63, 3.8) is 0 Å². The van der Waals surface area contributed by atoms with Crippen molar-refractivity contribution < 1.29 is 24.5 Å². The number of hydrogen-bond donors (Lipinski definition) is 0. The third kappa shape index (κ3) is 6.07. The number of imidazole rings is 2. The van der Waals surface area contributed by atoms with Crippen LogP contribution in [0.25, 0.3) is 56.0 Å². The first kappa shape index (κ1) is 31.2. The van der Waals surface area contributed by atoms with Gasteiger partial charge in [0.05, 0.1) is 34.6 Å². The molecule has 46 heavy (non-hydrogen) atoms. The first-order chi connectivity index (χ1) is 22.1. The molecule has 1 radical (unpaired) electrons. The van der Waals surface area contributed by atoms with E-state index in [9.17, 15) is 0 Å². The average molecular weight is 780 g/mol. The van der Waals surface area contributed by atoms with Gasteiger partial charge in [-0.25, -0.2) is 0 Å². The molecular weight excluding hydrogens is 747 g/mol. The van der Waals surface area contributed by atoms with E-state index in [4.69, 9.17) is 9.68 Å². The Morgan fingerprint density at radius 1 is 0.870 bits per heavy atom. The minimum Gasteiger partial charge on any atom is -0.501 e. The van der Waals surface area contributed by atoms with E-state index in [0.717, 1.165) is 56.3 Å². The van der Waals surface area contributed by atoms with Crippen molar-refractivity contribution >= 4 is 21.9 Å². The summed E-state index contributed by atoms with van der Waals surface area (Å²) in [7, 11) is 4.01. The van der Waals surface area contributed by atoms with Gasteiger partial charge in [-0.2, -0.15) is 5.26 Å². The van der Waals surface area contributed by atoms with Crippen LogP contribution in [0.4, 0.5) is 0 Å². The van der Waals surface area contributed by atoms with Crippen molar-refractivity contribution in [1.29, 1.82) is 5.26 Å². The number of rotatable bonds is 4. The van der Waals surface area contributed by atoms with Crippen molar-refractivity contribution in [3.05, 3.63) is 121 Å². The molecule has 3 aromatic heterocycles. The van der Waals surface area contributed by atoms with Crippen LogP contribution >= 0.6 is 0 Å². The molecule has 1 aliphatic carbocycles. The standard InChI is InChI=1S/C22H23N2.C17H10N3O.Ir/c1-24-21(16-23-22(24)20-10-6-3-7-11-20)19-14-12-18(13-15-19)17-8-4-2-5-9-17;1-20-8-7-19-17(20)13-4-2-3-12-14-9-11(10-18)5-6-15(14)21-16(12)13;/h3,6-7,10,12-17H,2,4-5,8-9H2,1H3;2-3,5-9H,1H3;/q2*-1;. The fourth-order valence-corrected chi connectivity index (χ4v) is 6.41. The molecule has 0 unspecified atom stereocenters. The van der Waals surface area contributed by atoms with Gasteiger partial charge >= 0.3 is 0 Å². The fourth-order valence-electron chi connectivity index (χ4n) is 6.41. The number of hydrogen-bond acceptors (Lipinski definition) is 4. The maximum Gasteiger partial charge on any atom is 0.121 e. The Balaban J connectivity index is 0.000000159. The van der Waals surface area contributed by atoms with Crippen LogP contribution in [0.2, 0.25) is 0 Å². The maximum absolute atomic E-state index is 9.05. The topological polar surface area (TPSA) is 72.6 Å². The Kier molecular flexibility index (Phi) is 9.30. The van der Waals surface area contributed by atoms with Gasteiger partial charge in [-0.3, -0.25) is 9.97 Å². The van der Waals surface area contributed by atoms with Gasteiger partial charge in [0.15, 0.2) is 0 Å². The van der Waals surface area contributed by atoms with Gasteiger partial charge in [0, 0.05) is 58.2 Å². The first-order valence-corrected chi connectivity index (χ1v) is 15.4. The van der Waals surface area contributed by atoms with Gasteiger partial charge in [-0.15, -0.1) is 54.1 Å². The largest absolute Gasteiger partial charge is 0.501 e. The van der Waals surface area contributed by atoms with Crippen molar-refractivity contribution in [2.75, 3.05) is 0 Å². The zero-order chi connectivity index (χ0) is 30.8. The van der Waals surface area contributed by atoms with Crippen LogP contribution in [0.15, 0.2) is 102 Å². The van der Waals surface area contributed by atoms with E-state index >= 15 is 0 Å². The van der Waals surface area contributed by atoms with E-state index in [0.29, 0.717) is 5.56 Å². The van der Waals surface area contributed by atoms with Crippen LogP contribution in [0.3, 0.4) is 0 Å². The molecule has 231 valence electrons. The number of nitrogens with zero attached hydrogens (tertiary/aromatic N) is 5. The predicted octanol–water partition coefficient (Wildman–Crippen LogP) is 9.26. The monoisotopic (exact) mass is 780 g/mol. The molecule has 3 heterocycles. The van der Waals surface area contributed by atoms with Crippen LogP contribution in [0.5, 0.6) is 0 Å². The molecule has 1 saturated carbocycles. The van der Waals surface area contributed by atoms with Crippen molar-refractivity contribution in [2.45, 2.75) is 38.0 Å². The molecule has 7 heteroatoms. The number of aromatic nitrogens is 4. The Labute approximate surface area is 282 Å². The molecule has 0 spiro atoms. The molecule has 1 aliphatic rings. The molecular formula is C39H33IrN5O-2. The molecule has 0 amide bonds. The molecule has 0 saturated heterocycles. The normalized spacial score (nSPS) is 13.2. The third-order valence-corrected chi connectivity index (χ3v) is 8.83. The quantitative estimate of drug-likeness (QED) is 0.167. The molecule has 0 N–H and O–H groups in total. The SMILES string of the molecule is Cn1c(-c2ccc(C3CCCCC3)cc2)cnc1-c1[c-]cccc1.Cn1ccnc1-c1[c-]ccc2c1oc1ccc(C#N)cc12.[Ir]. The molecule has 4 aromatic carbocycles. The number of fused-ring (bicyclic) bond motifs is 3. The third-order valence-electron chi connectivity index (χ3n) is 8.83. The summed E-state index contributed by atoms with van der Waals surface area (Å²) in [6.07, 6.45) is 12.5. The Morgan fingerprint density at radius 2 is 1.70 bits per heavy atom. The summed E-state index contributed by atoms with van der Waals surface area (Å²) in [5.74, 6) is 2.52. The van der Waals surface area contributed by atoms with Gasteiger partial charge < -0.3 is 13.6 Å². The van der Waals surface area contributed by atoms with Gasteiger partial charge in [0.25, 0.3) is 0 Å². The van der Waals surface area contributed by atoms with Crippen LogP contribution < -0.4 is 0 Å². The molecule has 8 rings (SSSR count). The molecule has 0 atom stereocenters. The Hall–Kier alpha value is -4.76. The molecule has 0 bridgehead atoms. The van der Waals surface area contributed by atoms with E-state index in [1.54, 1.807) is 12.3 Å². The summed E-state index contributed by atoms with van der Waals surface area (Å²) in [4.78, 5) is 8.97. The van der Waals surface area contributed by atoms with E-state index in [1.165, 1.54) is 43.2 Å². The van der Waals surface area contributed by atoms with Crippen LogP contribution in [0.1, 0.15) is 49.1 Å². The van der Waals surface area contributed by atoms with Crippen molar-refractivity contribution in [3.8, 4) is 40.1 Å². The van der Waals surface area contributed by atoms with E-state index in [-0.39, 0.29) is 20.1 Å². The second-order valence-electron chi connectivity index (χ2n) is 11.6. The van der Waals surface area contributed by atoms with Crippen molar-refractivity contribution in [1.82, 2.24) is 19.1 Å². The zero-order valence-electron chi connectivity index (χ0n) is 25.8. The van der Waals surface area contributed by atoms with E-state index in [2.05, 4.69) is 70.1 Å². The summed E-state index contributed by atoms with van der Waals surface area (Å²) < 4.78 is 10.1. The summed E-state index contributed by atoms with van der Waals surface area (Å²) in [5.41, 5.74) is 7.87. The summed E-state index contributed by atoms with van der Waals surface area (Å²) >= 11 is 0. The summed E-state index contributed by atoms with van der Waals surface area (Å²) in [6.45, 7) is 0. The number of furan rings is 1. The molecule has 1 fully saturated rings. The van der Waals surface area contributed by atoms with Crippen LogP contribution in [-0.2, 0) is 34.2 Å². The molecule has 6 nitrogen and oxygen atoms in total. The van der Waals surface area contributed by atoms with Crippen molar-refractivity contribution in [2.24, 2.45) is 14.1 Å².